The average molecular weight is 411 g/mol. The number of hydrogen-bond acceptors (Lipinski definition) is 4. The Morgan fingerprint density at radius 1 is 1.17 bits per heavy atom. The summed E-state index contributed by atoms with van der Waals surface area (Å²) in [5.74, 6) is -0.365. The van der Waals surface area contributed by atoms with Crippen LogP contribution in [-0.4, -0.2) is 16.1 Å². The molecule has 0 aliphatic heterocycles. The van der Waals surface area contributed by atoms with Gasteiger partial charge < -0.3 is 9.84 Å². The highest BCUT2D eigenvalue weighted by Crippen LogP contribution is 2.35. The van der Waals surface area contributed by atoms with E-state index in [0.29, 0.717) is 12.2 Å². The van der Waals surface area contributed by atoms with Crippen LogP contribution in [-0.2, 0) is 30.7 Å². The van der Waals surface area contributed by atoms with Gasteiger partial charge in [0.2, 0.25) is 0 Å². The standard InChI is InChI=1S/C23H22FNO3S/c24-17-9-12-19(23-25-20-4-2-5-21(20)29-23)16(13-17)14-28-18-10-7-15(8-11-18)3-1-6-22(26)27/h7-13H,1-6,14H2,(H,26,27). The molecular formula is C23H22FNO3S. The summed E-state index contributed by atoms with van der Waals surface area (Å²) in [5.41, 5.74) is 3.96. The summed E-state index contributed by atoms with van der Waals surface area (Å²) >= 11 is 1.70. The van der Waals surface area contributed by atoms with Gasteiger partial charge in [-0.1, -0.05) is 12.1 Å². The van der Waals surface area contributed by atoms with Gasteiger partial charge in [0.1, 0.15) is 23.2 Å². The van der Waals surface area contributed by atoms with Crippen LogP contribution in [0.25, 0.3) is 10.6 Å². The number of thiazole rings is 1. The zero-order valence-electron chi connectivity index (χ0n) is 16.0. The van der Waals surface area contributed by atoms with E-state index < -0.39 is 5.97 Å². The molecule has 0 spiro atoms. The van der Waals surface area contributed by atoms with Crippen LogP contribution >= 0.6 is 11.3 Å². The topological polar surface area (TPSA) is 59.4 Å². The molecule has 0 amide bonds. The van der Waals surface area contributed by atoms with Gasteiger partial charge in [0.15, 0.2) is 0 Å². The first kappa shape index (κ1) is 19.6. The minimum Gasteiger partial charge on any atom is -0.489 e. The Morgan fingerprint density at radius 3 is 2.76 bits per heavy atom. The second-order valence-electron chi connectivity index (χ2n) is 7.22. The molecule has 0 radical (unpaired) electrons. The number of halogens is 1. The van der Waals surface area contributed by atoms with E-state index in [1.54, 1.807) is 17.4 Å². The van der Waals surface area contributed by atoms with Crippen molar-refractivity contribution >= 4 is 17.3 Å². The molecule has 4 nitrogen and oxygen atoms in total. The highest BCUT2D eigenvalue weighted by atomic mass is 32.1. The molecule has 150 valence electrons. The lowest BCUT2D eigenvalue weighted by Crippen LogP contribution is -1.99. The lowest BCUT2D eigenvalue weighted by atomic mass is 10.1. The minimum atomic E-state index is -0.777. The van der Waals surface area contributed by atoms with Gasteiger partial charge in [-0.2, -0.15) is 0 Å². The first-order chi connectivity index (χ1) is 14.1. The van der Waals surface area contributed by atoms with Crippen molar-refractivity contribution in [1.82, 2.24) is 4.98 Å². The average Bonchev–Trinajstić information content (AvgIpc) is 3.29. The largest absolute Gasteiger partial charge is 0.489 e. The first-order valence-electron chi connectivity index (χ1n) is 9.79. The van der Waals surface area contributed by atoms with E-state index in [1.807, 2.05) is 24.3 Å². The summed E-state index contributed by atoms with van der Waals surface area (Å²) in [7, 11) is 0. The first-order valence-corrected chi connectivity index (χ1v) is 10.6. The number of carboxylic acids is 1. The van der Waals surface area contributed by atoms with Crippen LogP contribution in [0.2, 0.25) is 0 Å². The highest BCUT2D eigenvalue weighted by molar-refractivity contribution is 7.15. The summed E-state index contributed by atoms with van der Waals surface area (Å²) in [4.78, 5) is 16.7. The predicted molar refractivity (Wildman–Crippen MR) is 111 cm³/mol. The molecule has 2 aromatic carbocycles. The lowest BCUT2D eigenvalue weighted by molar-refractivity contribution is -0.137. The zero-order valence-corrected chi connectivity index (χ0v) is 16.8. The van der Waals surface area contributed by atoms with E-state index in [1.165, 1.54) is 29.1 Å². The maximum absolute atomic E-state index is 13.9. The third-order valence-corrected chi connectivity index (χ3v) is 6.26. The smallest absolute Gasteiger partial charge is 0.303 e. The van der Waals surface area contributed by atoms with Crippen LogP contribution in [0.4, 0.5) is 4.39 Å². The van der Waals surface area contributed by atoms with E-state index in [4.69, 9.17) is 14.8 Å². The molecule has 3 aromatic rings. The SMILES string of the molecule is O=C(O)CCCc1ccc(OCc2cc(F)ccc2-c2nc3c(s2)CCC3)cc1. The van der Waals surface area contributed by atoms with Crippen LogP contribution in [0.15, 0.2) is 42.5 Å². The molecule has 1 aliphatic rings. The van der Waals surface area contributed by atoms with Crippen molar-refractivity contribution in [3.63, 3.8) is 0 Å². The van der Waals surface area contributed by atoms with Gasteiger partial charge in [-0.3, -0.25) is 4.79 Å². The van der Waals surface area contributed by atoms with E-state index in [0.717, 1.165) is 41.0 Å². The van der Waals surface area contributed by atoms with Gasteiger partial charge in [-0.05, 0) is 68.0 Å². The Labute approximate surface area is 173 Å². The zero-order chi connectivity index (χ0) is 20.2. The number of aliphatic carboxylic acids is 1. The number of benzene rings is 2. The number of aryl methyl sites for hydroxylation is 3. The summed E-state index contributed by atoms with van der Waals surface area (Å²) in [6.07, 6.45) is 4.77. The molecule has 0 atom stereocenters. The number of aromatic nitrogens is 1. The van der Waals surface area contributed by atoms with Crippen molar-refractivity contribution in [2.45, 2.75) is 45.1 Å². The normalized spacial score (nSPS) is 12.7. The number of carbonyl (C=O) groups is 1. The number of ether oxygens (including phenoxy) is 1. The summed E-state index contributed by atoms with van der Waals surface area (Å²) < 4.78 is 19.8. The fourth-order valence-electron chi connectivity index (χ4n) is 3.55. The monoisotopic (exact) mass is 411 g/mol. The Bertz CT molecular complexity index is 992. The van der Waals surface area contributed by atoms with Gasteiger partial charge in [-0.25, -0.2) is 9.37 Å². The second kappa shape index (κ2) is 8.74. The van der Waals surface area contributed by atoms with E-state index >= 15 is 0 Å². The number of hydrogen-bond donors (Lipinski definition) is 1. The van der Waals surface area contributed by atoms with Crippen LogP contribution in [0.1, 0.15) is 41.0 Å². The maximum Gasteiger partial charge on any atom is 0.303 e. The molecule has 0 bridgehead atoms. The molecule has 1 N–H and O–H groups in total. The van der Waals surface area contributed by atoms with Crippen molar-refractivity contribution in [3.8, 4) is 16.3 Å². The molecule has 0 saturated heterocycles. The third kappa shape index (κ3) is 4.82. The quantitative estimate of drug-likeness (QED) is 0.537. The van der Waals surface area contributed by atoms with Crippen molar-refractivity contribution < 1.29 is 19.0 Å². The molecule has 6 heteroatoms. The number of carboxylic acid groups (broad SMARTS) is 1. The molecule has 0 unspecified atom stereocenters. The molecule has 4 rings (SSSR count). The van der Waals surface area contributed by atoms with Crippen LogP contribution < -0.4 is 4.74 Å². The van der Waals surface area contributed by atoms with Crippen molar-refractivity contribution in [1.29, 1.82) is 0 Å². The fraction of sp³-hybridized carbons (Fsp3) is 0.304. The third-order valence-electron chi connectivity index (χ3n) is 5.07. The fourth-order valence-corrected chi connectivity index (χ4v) is 4.76. The van der Waals surface area contributed by atoms with Gasteiger partial charge in [0.05, 0.1) is 5.69 Å². The maximum atomic E-state index is 13.9. The Balaban J connectivity index is 1.44. The molecule has 0 saturated carbocycles. The number of fused-ring (bicyclic) bond motifs is 1. The summed E-state index contributed by atoms with van der Waals surface area (Å²) in [6, 6.07) is 12.4. The molecular weight excluding hydrogens is 389 g/mol. The van der Waals surface area contributed by atoms with Gasteiger partial charge >= 0.3 is 5.97 Å². The predicted octanol–water partition coefficient (Wildman–Crippen LogP) is 5.42. The molecule has 0 fully saturated rings. The van der Waals surface area contributed by atoms with Crippen LogP contribution in [0.3, 0.4) is 0 Å². The van der Waals surface area contributed by atoms with Gasteiger partial charge in [0, 0.05) is 22.4 Å². The van der Waals surface area contributed by atoms with Gasteiger partial charge in [-0.15, -0.1) is 11.3 Å². The van der Waals surface area contributed by atoms with E-state index in [9.17, 15) is 9.18 Å². The van der Waals surface area contributed by atoms with Crippen molar-refractivity contribution in [2.75, 3.05) is 0 Å². The van der Waals surface area contributed by atoms with Gasteiger partial charge in [0.25, 0.3) is 0 Å². The van der Waals surface area contributed by atoms with E-state index in [-0.39, 0.29) is 18.8 Å². The minimum absolute atomic E-state index is 0.167. The van der Waals surface area contributed by atoms with Crippen LogP contribution in [0, 0.1) is 5.82 Å². The lowest BCUT2D eigenvalue weighted by Gasteiger charge is -2.11. The Hall–Kier alpha value is -2.73. The number of nitrogens with zero attached hydrogens (tertiary/aromatic N) is 1. The highest BCUT2D eigenvalue weighted by Gasteiger charge is 2.19. The van der Waals surface area contributed by atoms with E-state index in [2.05, 4.69) is 0 Å². The Kier molecular flexibility index (Phi) is 5.90. The van der Waals surface area contributed by atoms with Crippen LogP contribution in [0.5, 0.6) is 5.75 Å². The second-order valence-corrected chi connectivity index (χ2v) is 8.31. The number of rotatable bonds is 8. The van der Waals surface area contributed by atoms with Crippen molar-refractivity contribution in [2.24, 2.45) is 0 Å². The Morgan fingerprint density at radius 2 is 2.00 bits per heavy atom. The molecule has 1 aromatic heterocycles. The van der Waals surface area contributed by atoms with Crippen molar-refractivity contribution in [3.05, 3.63) is 70.0 Å². The summed E-state index contributed by atoms with van der Waals surface area (Å²) in [6.45, 7) is 0.260. The molecule has 1 aliphatic carbocycles. The summed E-state index contributed by atoms with van der Waals surface area (Å²) in [5, 5.41) is 9.65. The molecule has 29 heavy (non-hydrogen) atoms. The molecule has 1 heterocycles.